The lowest BCUT2D eigenvalue weighted by atomic mass is 10.1. The molecule has 0 spiro atoms. The number of rotatable bonds is 6. The molecule has 7 nitrogen and oxygen atoms in total. The zero-order valence-corrected chi connectivity index (χ0v) is 17.7. The van der Waals surface area contributed by atoms with Crippen LogP contribution < -0.4 is 16.4 Å². The number of amides is 2. The molecular weight excluding hydrogens is 445 g/mol. The molecule has 1 aliphatic heterocycles. The van der Waals surface area contributed by atoms with Gasteiger partial charge in [-0.25, -0.2) is 4.99 Å². The SMILES string of the molecule is CCNC(=NCc1cccc(C(N)=O)c1)NC1CCN(C(=O)CC)C1.I. The summed E-state index contributed by atoms with van der Waals surface area (Å²) < 4.78 is 0. The van der Waals surface area contributed by atoms with Gasteiger partial charge in [0.15, 0.2) is 5.96 Å². The first-order chi connectivity index (χ1) is 12.0. The number of primary amides is 1. The molecule has 1 atom stereocenters. The van der Waals surface area contributed by atoms with Crippen molar-refractivity contribution in [3.05, 3.63) is 35.4 Å². The molecule has 4 N–H and O–H groups in total. The zero-order valence-electron chi connectivity index (χ0n) is 15.3. The molecule has 2 rings (SSSR count). The molecule has 1 unspecified atom stereocenters. The number of aliphatic imine (C=N–C) groups is 1. The van der Waals surface area contributed by atoms with Crippen LogP contribution in [0.5, 0.6) is 0 Å². The highest BCUT2D eigenvalue weighted by atomic mass is 127. The van der Waals surface area contributed by atoms with Gasteiger partial charge in [0.1, 0.15) is 0 Å². The maximum Gasteiger partial charge on any atom is 0.248 e. The van der Waals surface area contributed by atoms with Crippen LogP contribution in [-0.4, -0.2) is 48.3 Å². The number of benzene rings is 1. The normalized spacial score (nSPS) is 16.8. The molecule has 1 aliphatic rings. The maximum atomic E-state index is 11.8. The van der Waals surface area contributed by atoms with Crippen molar-refractivity contribution in [2.75, 3.05) is 19.6 Å². The predicted octanol–water partition coefficient (Wildman–Crippen LogP) is 1.47. The topological polar surface area (TPSA) is 99.8 Å². The molecule has 0 aromatic heterocycles. The molecule has 8 heteroatoms. The fourth-order valence-corrected chi connectivity index (χ4v) is 2.83. The van der Waals surface area contributed by atoms with Crippen LogP contribution in [0.25, 0.3) is 0 Å². The van der Waals surface area contributed by atoms with Gasteiger partial charge in [-0.05, 0) is 31.0 Å². The van der Waals surface area contributed by atoms with Crippen molar-refractivity contribution in [2.45, 2.75) is 39.3 Å². The fourth-order valence-electron chi connectivity index (χ4n) is 2.83. The third kappa shape index (κ3) is 6.47. The Morgan fingerprint density at radius 1 is 1.35 bits per heavy atom. The van der Waals surface area contributed by atoms with Gasteiger partial charge in [-0.3, -0.25) is 9.59 Å². The highest BCUT2D eigenvalue weighted by Crippen LogP contribution is 2.11. The molecule has 144 valence electrons. The lowest BCUT2D eigenvalue weighted by molar-refractivity contribution is -0.129. The van der Waals surface area contributed by atoms with Crippen LogP contribution in [0.4, 0.5) is 0 Å². The van der Waals surface area contributed by atoms with E-state index in [0.29, 0.717) is 31.0 Å². The van der Waals surface area contributed by atoms with E-state index in [4.69, 9.17) is 5.73 Å². The third-order valence-electron chi connectivity index (χ3n) is 4.16. The average Bonchev–Trinajstić information content (AvgIpc) is 3.08. The molecule has 0 saturated carbocycles. The Balaban J connectivity index is 0.00000338. The number of nitrogens with zero attached hydrogens (tertiary/aromatic N) is 2. The van der Waals surface area contributed by atoms with E-state index in [2.05, 4.69) is 15.6 Å². The first kappa shape index (κ1) is 22.2. The van der Waals surface area contributed by atoms with Gasteiger partial charge in [0.2, 0.25) is 11.8 Å². The molecule has 2 amide bonds. The van der Waals surface area contributed by atoms with E-state index in [1.54, 1.807) is 18.2 Å². The Morgan fingerprint density at radius 3 is 2.77 bits per heavy atom. The van der Waals surface area contributed by atoms with Crippen LogP contribution >= 0.6 is 24.0 Å². The largest absolute Gasteiger partial charge is 0.366 e. The highest BCUT2D eigenvalue weighted by Gasteiger charge is 2.25. The molecular formula is C18H28IN5O2. The molecule has 1 fully saturated rings. The van der Waals surface area contributed by atoms with E-state index in [9.17, 15) is 9.59 Å². The summed E-state index contributed by atoms with van der Waals surface area (Å²) in [7, 11) is 0. The second kappa shape index (κ2) is 11.0. The highest BCUT2D eigenvalue weighted by molar-refractivity contribution is 14.0. The molecule has 0 radical (unpaired) electrons. The summed E-state index contributed by atoms with van der Waals surface area (Å²) in [5, 5.41) is 6.61. The van der Waals surface area contributed by atoms with Gasteiger partial charge in [-0.1, -0.05) is 19.1 Å². The van der Waals surface area contributed by atoms with E-state index < -0.39 is 5.91 Å². The Morgan fingerprint density at radius 2 is 2.12 bits per heavy atom. The Bertz CT molecular complexity index is 650. The number of hydrogen-bond acceptors (Lipinski definition) is 3. The van der Waals surface area contributed by atoms with Gasteiger partial charge in [-0.15, -0.1) is 24.0 Å². The molecule has 0 aliphatic carbocycles. The third-order valence-corrected chi connectivity index (χ3v) is 4.16. The van der Waals surface area contributed by atoms with E-state index in [1.807, 2.05) is 24.8 Å². The maximum absolute atomic E-state index is 11.8. The molecule has 1 heterocycles. The van der Waals surface area contributed by atoms with Crippen molar-refractivity contribution in [1.82, 2.24) is 15.5 Å². The summed E-state index contributed by atoms with van der Waals surface area (Å²) in [6.07, 6.45) is 1.45. The van der Waals surface area contributed by atoms with Crippen LogP contribution in [0, 0.1) is 0 Å². The molecule has 1 saturated heterocycles. The van der Waals surface area contributed by atoms with E-state index in [0.717, 1.165) is 25.1 Å². The van der Waals surface area contributed by atoms with Crippen molar-refractivity contribution in [3.8, 4) is 0 Å². The minimum Gasteiger partial charge on any atom is -0.366 e. The van der Waals surface area contributed by atoms with E-state index in [-0.39, 0.29) is 35.9 Å². The standard InChI is InChI=1S/C18H27N5O2.HI/c1-3-16(24)23-9-8-15(12-23)22-18(20-4-2)21-11-13-6-5-7-14(10-13)17(19)25;/h5-7,10,15H,3-4,8-9,11-12H2,1-2H3,(H2,19,25)(H2,20,21,22);1H. The Hall–Kier alpha value is -1.84. The number of halogens is 1. The van der Waals surface area contributed by atoms with Gasteiger partial charge in [-0.2, -0.15) is 0 Å². The smallest absolute Gasteiger partial charge is 0.248 e. The van der Waals surface area contributed by atoms with Gasteiger partial charge in [0.25, 0.3) is 0 Å². The van der Waals surface area contributed by atoms with E-state index >= 15 is 0 Å². The minimum absolute atomic E-state index is 0. The molecule has 1 aromatic carbocycles. The number of carbonyl (C=O) groups excluding carboxylic acids is 2. The summed E-state index contributed by atoms with van der Waals surface area (Å²) in [6, 6.07) is 7.36. The minimum atomic E-state index is -0.442. The van der Waals surface area contributed by atoms with Crippen molar-refractivity contribution in [3.63, 3.8) is 0 Å². The number of guanidine groups is 1. The van der Waals surface area contributed by atoms with Gasteiger partial charge >= 0.3 is 0 Å². The van der Waals surface area contributed by atoms with Crippen molar-refractivity contribution < 1.29 is 9.59 Å². The zero-order chi connectivity index (χ0) is 18.2. The van der Waals surface area contributed by atoms with Gasteiger partial charge in [0.05, 0.1) is 6.54 Å². The van der Waals surface area contributed by atoms with Crippen molar-refractivity contribution >= 4 is 41.8 Å². The Kier molecular flexibility index (Phi) is 9.39. The van der Waals surface area contributed by atoms with Gasteiger partial charge < -0.3 is 21.3 Å². The van der Waals surface area contributed by atoms with Crippen LogP contribution in [0.15, 0.2) is 29.3 Å². The van der Waals surface area contributed by atoms with Gasteiger partial charge in [0, 0.05) is 37.7 Å². The van der Waals surface area contributed by atoms with Crippen LogP contribution in [0.3, 0.4) is 0 Å². The number of hydrogen-bond donors (Lipinski definition) is 3. The second-order valence-corrected chi connectivity index (χ2v) is 6.08. The van der Waals surface area contributed by atoms with Crippen LogP contribution in [0.1, 0.15) is 42.6 Å². The summed E-state index contributed by atoms with van der Waals surface area (Å²) in [5.74, 6) is 0.458. The first-order valence-electron chi connectivity index (χ1n) is 8.74. The lowest BCUT2D eigenvalue weighted by Crippen LogP contribution is -2.45. The number of nitrogens with one attached hydrogen (secondary N) is 2. The number of carbonyl (C=O) groups is 2. The Labute approximate surface area is 171 Å². The fraction of sp³-hybridized carbons (Fsp3) is 0.500. The molecule has 1 aromatic rings. The van der Waals surface area contributed by atoms with Crippen LogP contribution in [-0.2, 0) is 11.3 Å². The lowest BCUT2D eigenvalue weighted by Gasteiger charge is -2.18. The van der Waals surface area contributed by atoms with Crippen LogP contribution in [0.2, 0.25) is 0 Å². The summed E-state index contributed by atoms with van der Waals surface area (Å²) in [4.78, 5) is 29.5. The van der Waals surface area contributed by atoms with E-state index in [1.165, 1.54) is 0 Å². The van der Waals surface area contributed by atoms with Crippen molar-refractivity contribution in [2.24, 2.45) is 10.7 Å². The summed E-state index contributed by atoms with van der Waals surface area (Å²) >= 11 is 0. The summed E-state index contributed by atoms with van der Waals surface area (Å²) in [6.45, 7) is 6.57. The monoisotopic (exact) mass is 473 g/mol. The average molecular weight is 473 g/mol. The van der Waals surface area contributed by atoms with Crippen molar-refractivity contribution in [1.29, 1.82) is 0 Å². The molecule has 26 heavy (non-hydrogen) atoms. The molecule has 0 bridgehead atoms. The summed E-state index contributed by atoms with van der Waals surface area (Å²) in [5.41, 5.74) is 6.71. The second-order valence-electron chi connectivity index (χ2n) is 6.08. The predicted molar refractivity (Wildman–Crippen MR) is 114 cm³/mol. The number of likely N-dealkylation sites (tertiary alicyclic amines) is 1. The first-order valence-corrected chi connectivity index (χ1v) is 8.74. The number of nitrogens with two attached hydrogens (primary N) is 1. The quantitative estimate of drug-likeness (QED) is 0.331.